The predicted octanol–water partition coefficient (Wildman–Crippen LogP) is 27.6. The number of hydrogen-bond donors (Lipinski definition) is 3. The standard InChI is InChI=1S/C90H176O17P2/c1-8-11-12-13-14-15-16-17-18-29-35-40-45-50-59-66-74-90(95)107-86(78-101-88(93)72-65-58-53-52-54-61-68-81(4)5)80-105-109(98,99)103-76-84(91)75-102-108(96,97)104-79-85(106-89(94)73-67-60-51-46-41-36-31-26-22-20-24-28-33-38-43-48-56-63-70-83(7)10-3)77-100-87(92)71-64-57-49-44-39-34-30-25-21-19-23-27-32-37-42-47-55-62-69-82(6)9-2/h81-86,91H,8-80H2,1-7H3,(H,96,97)(H,98,99)/t82?,83?,84-,85-,86-/m1/s1. The third-order valence-electron chi connectivity index (χ3n) is 21.9. The van der Waals surface area contributed by atoms with Gasteiger partial charge in [0.05, 0.1) is 26.4 Å². The number of aliphatic hydroxyl groups is 1. The van der Waals surface area contributed by atoms with E-state index < -0.39 is 97.5 Å². The van der Waals surface area contributed by atoms with Crippen molar-refractivity contribution in [3.8, 4) is 0 Å². The van der Waals surface area contributed by atoms with E-state index in [4.69, 9.17) is 37.0 Å². The summed E-state index contributed by atoms with van der Waals surface area (Å²) < 4.78 is 69.0. The van der Waals surface area contributed by atoms with Gasteiger partial charge in [-0.1, -0.05) is 427 Å². The van der Waals surface area contributed by atoms with Crippen LogP contribution in [0.1, 0.15) is 479 Å². The van der Waals surface area contributed by atoms with Crippen LogP contribution in [0.5, 0.6) is 0 Å². The summed E-state index contributed by atoms with van der Waals surface area (Å²) in [5, 5.41) is 10.7. The largest absolute Gasteiger partial charge is 0.472 e. The molecule has 0 aromatic rings. The van der Waals surface area contributed by atoms with Crippen LogP contribution in [-0.2, 0) is 65.4 Å². The lowest BCUT2D eigenvalue weighted by atomic mass is 9.99. The minimum absolute atomic E-state index is 0.107. The number of phosphoric acid groups is 2. The zero-order chi connectivity index (χ0) is 80.0. The van der Waals surface area contributed by atoms with E-state index >= 15 is 0 Å². The maximum atomic E-state index is 13.2. The molecular weight excluding hydrogens is 1410 g/mol. The van der Waals surface area contributed by atoms with E-state index in [1.54, 1.807) is 0 Å². The smallest absolute Gasteiger partial charge is 0.462 e. The van der Waals surface area contributed by atoms with Crippen molar-refractivity contribution in [3.63, 3.8) is 0 Å². The maximum absolute atomic E-state index is 13.2. The zero-order valence-electron chi connectivity index (χ0n) is 72.0. The van der Waals surface area contributed by atoms with Crippen molar-refractivity contribution >= 4 is 39.5 Å². The van der Waals surface area contributed by atoms with E-state index in [0.717, 1.165) is 108 Å². The first-order valence-corrected chi connectivity index (χ1v) is 49.4. The lowest BCUT2D eigenvalue weighted by Gasteiger charge is -2.21. The molecule has 4 unspecified atom stereocenters. The number of phosphoric ester groups is 2. The Hall–Kier alpha value is -1.94. The number of carbonyl (C=O) groups is 4. The molecule has 0 saturated heterocycles. The Kier molecular flexibility index (Phi) is 78.5. The minimum Gasteiger partial charge on any atom is -0.462 e. The Morgan fingerprint density at radius 2 is 0.468 bits per heavy atom. The molecule has 0 aromatic heterocycles. The van der Waals surface area contributed by atoms with Crippen molar-refractivity contribution < 1.29 is 80.2 Å². The van der Waals surface area contributed by atoms with Crippen molar-refractivity contribution in [1.82, 2.24) is 0 Å². The summed E-state index contributed by atoms with van der Waals surface area (Å²) in [7, 11) is -9.93. The number of esters is 4. The maximum Gasteiger partial charge on any atom is 0.472 e. The molecule has 0 aliphatic carbocycles. The van der Waals surface area contributed by atoms with Crippen LogP contribution < -0.4 is 0 Å². The highest BCUT2D eigenvalue weighted by Gasteiger charge is 2.31. The Morgan fingerprint density at radius 3 is 0.697 bits per heavy atom. The average molecular weight is 1590 g/mol. The monoisotopic (exact) mass is 1590 g/mol. The van der Waals surface area contributed by atoms with Gasteiger partial charge in [-0.05, 0) is 43.4 Å². The van der Waals surface area contributed by atoms with Gasteiger partial charge in [-0.25, -0.2) is 9.13 Å². The van der Waals surface area contributed by atoms with E-state index in [-0.39, 0.29) is 25.7 Å². The lowest BCUT2D eigenvalue weighted by molar-refractivity contribution is -0.161. The van der Waals surface area contributed by atoms with Crippen molar-refractivity contribution in [2.24, 2.45) is 17.8 Å². The zero-order valence-corrected chi connectivity index (χ0v) is 73.8. The Balaban J connectivity index is 5.20. The molecule has 0 aliphatic rings. The molecule has 109 heavy (non-hydrogen) atoms. The molecular formula is C90H176O17P2. The second kappa shape index (κ2) is 79.9. The highest BCUT2D eigenvalue weighted by atomic mass is 31.2. The number of unbranched alkanes of at least 4 members (excludes halogenated alkanes) is 54. The Bertz CT molecular complexity index is 2100. The SMILES string of the molecule is CCCCCCCCCCCCCCCCCCC(=O)O[C@H](COC(=O)CCCCCCCCC(C)C)COP(=O)(O)OC[C@H](O)COP(=O)(O)OC[C@@H](COC(=O)CCCCCCCCCCCCCCCCCCCCC(C)CC)OC(=O)CCCCCCCCCCCCCCCCCCCCC(C)CC. The van der Waals surface area contributed by atoms with Gasteiger partial charge in [0, 0.05) is 25.7 Å². The van der Waals surface area contributed by atoms with Gasteiger partial charge in [0.1, 0.15) is 19.3 Å². The summed E-state index contributed by atoms with van der Waals surface area (Å²) in [6.45, 7) is 12.1. The summed E-state index contributed by atoms with van der Waals surface area (Å²) in [5.74, 6) is 0.322. The molecule has 0 spiro atoms. The molecule has 0 rings (SSSR count). The first kappa shape index (κ1) is 107. The van der Waals surface area contributed by atoms with Gasteiger partial charge in [-0.3, -0.25) is 37.3 Å². The molecule has 0 aliphatic heterocycles. The molecule has 648 valence electrons. The van der Waals surface area contributed by atoms with E-state index in [0.29, 0.717) is 31.6 Å². The fourth-order valence-electron chi connectivity index (χ4n) is 14.0. The van der Waals surface area contributed by atoms with Gasteiger partial charge in [0.15, 0.2) is 12.2 Å². The second-order valence-electron chi connectivity index (χ2n) is 33.3. The summed E-state index contributed by atoms with van der Waals surface area (Å²) in [6.07, 6.45) is 72.4. The highest BCUT2D eigenvalue weighted by Crippen LogP contribution is 2.45. The fraction of sp³-hybridized carbons (Fsp3) is 0.956. The van der Waals surface area contributed by atoms with Gasteiger partial charge in [-0.2, -0.15) is 0 Å². The summed E-state index contributed by atoms with van der Waals surface area (Å²) in [5.41, 5.74) is 0. The average Bonchev–Trinajstić information content (AvgIpc) is 0.903. The molecule has 0 radical (unpaired) electrons. The minimum atomic E-state index is -4.97. The molecule has 19 heteroatoms. The predicted molar refractivity (Wildman–Crippen MR) is 451 cm³/mol. The first-order chi connectivity index (χ1) is 52.8. The summed E-state index contributed by atoms with van der Waals surface area (Å²) in [4.78, 5) is 73.3. The first-order valence-electron chi connectivity index (χ1n) is 46.4. The van der Waals surface area contributed by atoms with E-state index in [9.17, 15) is 43.2 Å². The lowest BCUT2D eigenvalue weighted by Crippen LogP contribution is -2.30. The van der Waals surface area contributed by atoms with Gasteiger partial charge >= 0.3 is 39.5 Å². The van der Waals surface area contributed by atoms with Gasteiger partial charge in [0.25, 0.3) is 0 Å². The van der Waals surface area contributed by atoms with Crippen LogP contribution in [0.3, 0.4) is 0 Å². The molecule has 0 aromatic carbocycles. The van der Waals surface area contributed by atoms with Crippen LogP contribution in [0.15, 0.2) is 0 Å². The number of rotatable bonds is 88. The van der Waals surface area contributed by atoms with Crippen molar-refractivity contribution in [2.75, 3.05) is 39.6 Å². The molecule has 7 atom stereocenters. The van der Waals surface area contributed by atoms with E-state index in [1.165, 1.54) is 283 Å². The van der Waals surface area contributed by atoms with Gasteiger partial charge < -0.3 is 33.8 Å². The molecule has 0 saturated carbocycles. The van der Waals surface area contributed by atoms with Gasteiger partial charge in [-0.15, -0.1) is 0 Å². The third-order valence-corrected chi connectivity index (χ3v) is 23.8. The molecule has 0 fully saturated rings. The van der Waals surface area contributed by atoms with Crippen molar-refractivity contribution in [3.05, 3.63) is 0 Å². The Morgan fingerprint density at radius 1 is 0.266 bits per heavy atom. The molecule has 0 amide bonds. The second-order valence-corrected chi connectivity index (χ2v) is 36.2. The van der Waals surface area contributed by atoms with Crippen LogP contribution in [0.2, 0.25) is 0 Å². The highest BCUT2D eigenvalue weighted by molar-refractivity contribution is 7.47. The van der Waals surface area contributed by atoms with Crippen LogP contribution in [-0.4, -0.2) is 96.7 Å². The van der Waals surface area contributed by atoms with E-state index in [1.807, 2.05) is 0 Å². The topological polar surface area (TPSA) is 237 Å². The molecule has 0 heterocycles. The summed E-state index contributed by atoms with van der Waals surface area (Å²) >= 11 is 0. The van der Waals surface area contributed by atoms with Crippen LogP contribution in [0, 0.1) is 17.8 Å². The number of carbonyl (C=O) groups excluding carboxylic acids is 4. The van der Waals surface area contributed by atoms with Crippen molar-refractivity contribution in [1.29, 1.82) is 0 Å². The van der Waals surface area contributed by atoms with Crippen molar-refractivity contribution in [2.45, 2.75) is 497 Å². The number of hydrogen-bond acceptors (Lipinski definition) is 15. The molecule has 17 nitrogen and oxygen atoms in total. The quantitative estimate of drug-likeness (QED) is 0.0222. The normalized spacial score (nSPS) is 14.3. The van der Waals surface area contributed by atoms with Crippen LogP contribution in [0.4, 0.5) is 0 Å². The number of ether oxygens (including phenoxy) is 4. The molecule has 0 bridgehead atoms. The van der Waals surface area contributed by atoms with Crippen LogP contribution in [0.25, 0.3) is 0 Å². The number of aliphatic hydroxyl groups excluding tert-OH is 1. The third kappa shape index (κ3) is 81.0. The molecule has 3 N–H and O–H groups in total. The van der Waals surface area contributed by atoms with Gasteiger partial charge in [0.2, 0.25) is 0 Å². The van der Waals surface area contributed by atoms with Crippen LogP contribution >= 0.6 is 15.6 Å². The van der Waals surface area contributed by atoms with E-state index in [2.05, 4.69) is 48.5 Å². The Labute approximate surface area is 670 Å². The summed E-state index contributed by atoms with van der Waals surface area (Å²) in [6, 6.07) is 0. The fourth-order valence-corrected chi connectivity index (χ4v) is 15.6.